The molecule has 1 atom stereocenters. The maximum Gasteiger partial charge on any atom is 0.264 e. The maximum absolute atomic E-state index is 12.4. The summed E-state index contributed by atoms with van der Waals surface area (Å²) in [5.74, 6) is 0.972. The Labute approximate surface area is 147 Å². The topological polar surface area (TPSA) is 84.1 Å². The Bertz CT molecular complexity index is 812. The second-order valence-corrected chi connectivity index (χ2v) is 6.57. The number of amides is 1. The molecule has 2 aromatic rings. The van der Waals surface area contributed by atoms with Gasteiger partial charge in [-0.15, -0.1) is 0 Å². The molecule has 1 heterocycles. The molecule has 0 unspecified atom stereocenters. The number of rotatable bonds is 6. The van der Waals surface area contributed by atoms with E-state index in [0.29, 0.717) is 18.1 Å². The van der Waals surface area contributed by atoms with Crippen LogP contribution in [0, 0.1) is 13.8 Å². The minimum absolute atomic E-state index is 0.0480. The van der Waals surface area contributed by atoms with Crippen LogP contribution in [0.15, 0.2) is 29.1 Å². The Morgan fingerprint density at radius 1 is 1.28 bits per heavy atom. The number of benzene rings is 1. The first-order valence-corrected chi connectivity index (χ1v) is 8.39. The Hall–Kier alpha value is -2.63. The van der Waals surface area contributed by atoms with Crippen molar-refractivity contribution < 1.29 is 9.53 Å². The predicted molar refractivity (Wildman–Crippen MR) is 97.3 cm³/mol. The van der Waals surface area contributed by atoms with E-state index >= 15 is 0 Å². The minimum Gasteiger partial charge on any atom is -0.491 e. The normalized spacial score (nSPS) is 12.1. The van der Waals surface area contributed by atoms with Crippen LogP contribution in [0.3, 0.4) is 0 Å². The van der Waals surface area contributed by atoms with Gasteiger partial charge in [-0.05, 0) is 38.5 Å². The minimum atomic E-state index is -0.443. The predicted octanol–water partition coefficient (Wildman–Crippen LogP) is 2.71. The quantitative estimate of drug-likeness (QED) is 0.845. The molecule has 1 aromatic heterocycles. The van der Waals surface area contributed by atoms with E-state index in [1.165, 1.54) is 0 Å². The van der Waals surface area contributed by atoms with Crippen LogP contribution in [-0.2, 0) is 0 Å². The molecule has 1 amide bonds. The Balaban J connectivity index is 2.03. The molecule has 0 aliphatic heterocycles. The second kappa shape index (κ2) is 7.96. The summed E-state index contributed by atoms with van der Waals surface area (Å²) in [6, 6.07) is 7.44. The average Bonchev–Trinajstić information content (AvgIpc) is 2.52. The van der Waals surface area contributed by atoms with Crippen LogP contribution in [0.25, 0.3) is 0 Å². The molecule has 0 aliphatic rings. The van der Waals surface area contributed by atoms with E-state index in [1.54, 1.807) is 6.92 Å². The molecule has 0 fully saturated rings. The van der Waals surface area contributed by atoms with Gasteiger partial charge in [-0.3, -0.25) is 9.59 Å². The van der Waals surface area contributed by atoms with Gasteiger partial charge in [-0.2, -0.15) is 0 Å². The van der Waals surface area contributed by atoms with Crippen LogP contribution < -0.4 is 15.6 Å². The van der Waals surface area contributed by atoms with E-state index < -0.39 is 11.5 Å². The summed E-state index contributed by atoms with van der Waals surface area (Å²) in [7, 11) is 0. The highest BCUT2D eigenvalue weighted by atomic mass is 16.5. The highest BCUT2D eigenvalue weighted by molar-refractivity contribution is 5.94. The van der Waals surface area contributed by atoms with Crippen molar-refractivity contribution in [3.63, 3.8) is 0 Å². The van der Waals surface area contributed by atoms with Crippen molar-refractivity contribution in [2.24, 2.45) is 0 Å². The zero-order valence-electron chi connectivity index (χ0n) is 15.3. The van der Waals surface area contributed by atoms with Crippen LogP contribution in [0.4, 0.5) is 0 Å². The third-order valence-corrected chi connectivity index (χ3v) is 3.76. The van der Waals surface area contributed by atoms with Gasteiger partial charge in [0, 0.05) is 5.92 Å². The maximum atomic E-state index is 12.4. The number of H-pyrrole nitrogens is 1. The molecule has 6 heteroatoms. The number of nitrogens with one attached hydrogen (secondary N) is 2. The highest BCUT2D eigenvalue weighted by Gasteiger charge is 2.19. The van der Waals surface area contributed by atoms with Gasteiger partial charge < -0.3 is 15.0 Å². The third-order valence-electron chi connectivity index (χ3n) is 3.76. The number of aromatic amines is 1. The largest absolute Gasteiger partial charge is 0.491 e. The molecular formula is C19H25N3O3. The van der Waals surface area contributed by atoms with Gasteiger partial charge in [0.1, 0.15) is 23.7 Å². The number of hydrogen-bond acceptors (Lipinski definition) is 4. The highest BCUT2D eigenvalue weighted by Crippen LogP contribution is 2.13. The summed E-state index contributed by atoms with van der Waals surface area (Å²) >= 11 is 0. The molecule has 25 heavy (non-hydrogen) atoms. The van der Waals surface area contributed by atoms with E-state index in [1.807, 2.05) is 52.0 Å². The van der Waals surface area contributed by atoms with Crippen LogP contribution in [0.5, 0.6) is 5.75 Å². The van der Waals surface area contributed by atoms with E-state index in [0.717, 1.165) is 11.3 Å². The molecule has 0 radical (unpaired) electrons. The third kappa shape index (κ3) is 4.92. The van der Waals surface area contributed by atoms with Crippen molar-refractivity contribution in [3.8, 4) is 5.75 Å². The first-order chi connectivity index (χ1) is 11.8. The lowest BCUT2D eigenvalue weighted by atomic mass is 10.1. The van der Waals surface area contributed by atoms with Crippen LogP contribution in [-0.4, -0.2) is 28.5 Å². The van der Waals surface area contributed by atoms with E-state index in [-0.39, 0.29) is 17.5 Å². The summed E-state index contributed by atoms with van der Waals surface area (Å²) in [5.41, 5.74) is 1.16. The first kappa shape index (κ1) is 18.7. The Morgan fingerprint density at radius 2 is 2.00 bits per heavy atom. The molecule has 0 saturated carbocycles. The molecule has 134 valence electrons. The molecule has 2 rings (SSSR count). The van der Waals surface area contributed by atoms with Gasteiger partial charge in [0.2, 0.25) is 0 Å². The van der Waals surface area contributed by atoms with Crippen molar-refractivity contribution in [2.45, 2.75) is 46.6 Å². The van der Waals surface area contributed by atoms with Crippen molar-refractivity contribution in [1.29, 1.82) is 0 Å². The number of carbonyl (C=O) groups is 1. The Morgan fingerprint density at radius 3 is 2.60 bits per heavy atom. The number of nitrogens with zero attached hydrogens (tertiary/aromatic N) is 1. The molecule has 1 aromatic carbocycles. The SMILES string of the molecule is Cc1cccc(OC[C@@H](C)NC(=O)c2c(C)nc(C(C)C)[nH]c2=O)c1. The van der Waals surface area contributed by atoms with Gasteiger partial charge in [0.05, 0.1) is 11.7 Å². The fourth-order valence-corrected chi connectivity index (χ4v) is 2.41. The monoisotopic (exact) mass is 343 g/mol. The zero-order valence-corrected chi connectivity index (χ0v) is 15.3. The van der Waals surface area contributed by atoms with Crippen LogP contribution in [0.2, 0.25) is 0 Å². The number of aryl methyl sites for hydroxylation is 2. The summed E-state index contributed by atoms with van der Waals surface area (Å²) in [6.45, 7) is 9.66. The van der Waals surface area contributed by atoms with E-state index in [9.17, 15) is 9.59 Å². The smallest absolute Gasteiger partial charge is 0.264 e. The molecule has 6 nitrogen and oxygen atoms in total. The van der Waals surface area contributed by atoms with Crippen LogP contribution in [0.1, 0.15) is 54.1 Å². The van der Waals surface area contributed by atoms with Crippen molar-refractivity contribution in [3.05, 3.63) is 57.3 Å². The average molecular weight is 343 g/mol. The zero-order chi connectivity index (χ0) is 18.6. The van der Waals surface area contributed by atoms with Gasteiger partial charge >= 0.3 is 0 Å². The number of hydrogen-bond donors (Lipinski definition) is 2. The van der Waals surface area contributed by atoms with Gasteiger partial charge in [0.15, 0.2) is 0 Å². The molecule has 2 N–H and O–H groups in total. The lowest BCUT2D eigenvalue weighted by Gasteiger charge is -2.16. The van der Waals surface area contributed by atoms with Gasteiger partial charge in [0.25, 0.3) is 11.5 Å². The van der Waals surface area contributed by atoms with Crippen molar-refractivity contribution in [2.75, 3.05) is 6.61 Å². The summed E-state index contributed by atoms with van der Waals surface area (Å²) in [5, 5.41) is 2.79. The van der Waals surface area contributed by atoms with E-state index in [4.69, 9.17) is 4.74 Å². The molecule has 0 saturated heterocycles. The molecular weight excluding hydrogens is 318 g/mol. The molecule has 0 spiro atoms. The number of carbonyl (C=O) groups excluding carboxylic acids is 1. The number of ether oxygens (including phenoxy) is 1. The fourth-order valence-electron chi connectivity index (χ4n) is 2.41. The van der Waals surface area contributed by atoms with E-state index in [2.05, 4.69) is 15.3 Å². The van der Waals surface area contributed by atoms with Crippen molar-refractivity contribution in [1.82, 2.24) is 15.3 Å². The standard InChI is InChI=1S/C19H25N3O3/c1-11(2)17-21-14(5)16(19(24)22-17)18(23)20-13(4)10-25-15-8-6-7-12(3)9-15/h6-9,11,13H,10H2,1-5H3,(H,20,23)(H,21,22,24)/t13-/m1/s1. The Kier molecular flexibility index (Phi) is 5.96. The lowest BCUT2D eigenvalue weighted by molar-refractivity contribution is 0.0924. The lowest BCUT2D eigenvalue weighted by Crippen LogP contribution is -2.40. The summed E-state index contributed by atoms with van der Waals surface area (Å²) in [6.07, 6.45) is 0. The molecule has 0 aliphatic carbocycles. The van der Waals surface area contributed by atoms with Crippen LogP contribution >= 0.6 is 0 Å². The summed E-state index contributed by atoms with van der Waals surface area (Å²) < 4.78 is 5.68. The second-order valence-electron chi connectivity index (χ2n) is 6.57. The fraction of sp³-hybridized carbons (Fsp3) is 0.421. The number of aromatic nitrogens is 2. The van der Waals surface area contributed by atoms with Crippen molar-refractivity contribution >= 4 is 5.91 Å². The van der Waals surface area contributed by atoms with Gasteiger partial charge in [-0.1, -0.05) is 26.0 Å². The van der Waals surface area contributed by atoms with Gasteiger partial charge in [-0.25, -0.2) is 4.98 Å². The first-order valence-electron chi connectivity index (χ1n) is 8.39. The molecule has 0 bridgehead atoms. The summed E-state index contributed by atoms with van der Waals surface area (Å²) in [4.78, 5) is 31.6.